The summed E-state index contributed by atoms with van der Waals surface area (Å²) >= 11 is 0. The number of anilines is 1. The molecule has 0 saturated heterocycles. The molecule has 0 saturated carbocycles. The van der Waals surface area contributed by atoms with Crippen molar-refractivity contribution in [2.24, 2.45) is 0 Å². The van der Waals surface area contributed by atoms with Crippen LogP contribution in [0.25, 0.3) is 0 Å². The molecule has 2 aromatic carbocycles. The standard InChI is InChI=1S/C19H18F3NO5/c1-11(17(24)23-13-7-4-6-12(10-13)19(20,21)22)28-18(25)16-14(26-2)8-5-9-15(16)27-3/h4-11H,1-3H3,(H,23,24)/t11-/m1/s1. The minimum absolute atomic E-state index is 0.00813. The van der Waals surface area contributed by atoms with Gasteiger partial charge in [-0.3, -0.25) is 4.79 Å². The molecule has 2 rings (SSSR count). The van der Waals surface area contributed by atoms with Crippen molar-refractivity contribution in [3.63, 3.8) is 0 Å². The lowest BCUT2D eigenvalue weighted by molar-refractivity contribution is -0.137. The monoisotopic (exact) mass is 397 g/mol. The van der Waals surface area contributed by atoms with Crippen LogP contribution in [0.3, 0.4) is 0 Å². The van der Waals surface area contributed by atoms with Gasteiger partial charge in [0.05, 0.1) is 19.8 Å². The van der Waals surface area contributed by atoms with Crippen LogP contribution in [0.15, 0.2) is 42.5 Å². The summed E-state index contributed by atoms with van der Waals surface area (Å²) in [7, 11) is 2.71. The van der Waals surface area contributed by atoms with Gasteiger partial charge in [-0.2, -0.15) is 13.2 Å². The van der Waals surface area contributed by atoms with E-state index in [1.807, 2.05) is 0 Å². The smallest absolute Gasteiger partial charge is 0.416 e. The highest BCUT2D eigenvalue weighted by Crippen LogP contribution is 2.31. The summed E-state index contributed by atoms with van der Waals surface area (Å²) in [5.41, 5.74) is -0.988. The maximum atomic E-state index is 12.8. The van der Waals surface area contributed by atoms with Gasteiger partial charge in [-0.15, -0.1) is 0 Å². The summed E-state index contributed by atoms with van der Waals surface area (Å²) in [4.78, 5) is 24.7. The SMILES string of the molecule is COc1cccc(OC)c1C(=O)O[C@H](C)C(=O)Nc1cccc(C(F)(F)F)c1. The number of hydrogen-bond donors (Lipinski definition) is 1. The van der Waals surface area contributed by atoms with E-state index in [1.54, 1.807) is 6.07 Å². The molecule has 0 aromatic heterocycles. The summed E-state index contributed by atoms with van der Waals surface area (Å²) in [6, 6.07) is 8.78. The third kappa shape index (κ3) is 4.93. The van der Waals surface area contributed by atoms with Crippen molar-refractivity contribution in [1.29, 1.82) is 0 Å². The van der Waals surface area contributed by atoms with Crippen molar-refractivity contribution < 1.29 is 37.0 Å². The van der Waals surface area contributed by atoms with Crippen LogP contribution in [-0.2, 0) is 15.7 Å². The Morgan fingerprint density at radius 2 is 1.57 bits per heavy atom. The first-order valence-corrected chi connectivity index (χ1v) is 8.07. The zero-order valence-electron chi connectivity index (χ0n) is 15.3. The molecule has 0 aliphatic rings. The molecule has 1 amide bonds. The molecule has 1 N–H and O–H groups in total. The Kier molecular flexibility index (Phi) is 6.50. The average Bonchev–Trinajstić information content (AvgIpc) is 2.66. The van der Waals surface area contributed by atoms with Gasteiger partial charge in [0.1, 0.15) is 17.1 Å². The number of alkyl halides is 3. The third-order valence-electron chi connectivity index (χ3n) is 3.74. The molecule has 9 heteroatoms. The number of nitrogens with one attached hydrogen (secondary N) is 1. The van der Waals surface area contributed by atoms with Gasteiger partial charge in [0.15, 0.2) is 6.10 Å². The number of esters is 1. The largest absolute Gasteiger partial charge is 0.496 e. The number of ether oxygens (including phenoxy) is 3. The number of hydrogen-bond acceptors (Lipinski definition) is 5. The van der Waals surface area contributed by atoms with Gasteiger partial charge in [0.25, 0.3) is 5.91 Å². The second-order valence-corrected chi connectivity index (χ2v) is 5.65. The van der Waals surface area contributed by atoms with E-state index in [-0.39, 0.29) is 22.7 Å². The zero-order valence-corrected chi connectivity index (χ0v) is 15.3. The normalized spacial score (nSPS) is 12.1. The van der Waals surface area contributed by atoms with Crippen LogP contribution in [0.4, 0.5) is 18.9 Å². The lowest BCUT2D eigenvalue weighted by atomic mass is 10.1. The van der Waals surface area contributed by atoms with Gasteiger partial charge in [-0.25, -0.2) is 4.79 Å². The van der Waals surface area contributed by atoms with Crippen molar-refractivity contribution in [2.75, 3.05) is 19.5 Å². The second kappa shape index (κ2) is 8.64. The molecule has 6 nitrogen and oxygen atoms in total. The predicted molar refractivity (Wildman–Crippen MR) is 94.5 cm³/mol. The molecule has 0 unspecified atom stereocenters. The molecular formula is C19H18F3NO5. The topological polar surface area (TPSA) is 73.9 Å². The van der Waals surface area contributed by atoms with Gasteiger partial charge < -0.3 is 19.5 Å². The third-order valence-corrected chi connectivity index (χ3v) is 3.74. The van der Waals surface area contributed by atoms with Crippen LogP contribution in [0, 0.1) is 0 Å². The van der Waals surface area contributed by atoms with E-state index in [2.05, 4.69) is 5.32 Å². The molecule has 0 bridgehead atoms. The highest BCUT2D eigenvalue weighted by atomic mass is 19.4. The first-order valence-electron chi connectivity index (χ1n) is 8.07. The number of methoxy groups -OCH3 is 2. The van der Waals surface area contributed by atoms with E-state index < -0.39 is 29.7 Å². The van der Waals surface area contributed by atoms with Crippen LogP contribution < -0.4 is 14.8 Å². The molecule has 0 radical (unpaired) electrons. The van der Waals surface area contributed by atoms with E-state index in [0.29, 0.717) is 0 Å². The highest BCUT2D eigenvalue weighted by Gasteiger charge is 2.31. The van der Waals surface area contributed by atoms with E-state index >= 15 is 0 Å². The quantitative estimate of drug-likeness (QED) is 0.749. The van der Waals surface area contributed by atoms with Crippen LogP contribution in [0.1, 0.15) is 22.8 Å². The van der Waals surface area contributed by atoms with E-state index in [4.69, 9.17) is 14.2 Å². The molecule has 150 valence electrons. The number of benzene rings is 2. The summed E-state index contributed by atoms with van der Waals surface area (Å²) in [6.45, 7) is 1.29. The first-order chi connectivity index (χ1) is 13.2. The van der Waals surface area contributed by atoms with Gasteiger partial charge >= 0.3 is 12.1 Å². The number of carbonyl (C=O) groups is 2. The molecule has 1 atom stereocenters. The molecule has 0 aliphatic carbocycles. The van der Waals surface area contributed by atoms with Crippen LogP contribution in [0.2, 0.25) is 0 Å². The van der Waals surface area contributed by atoms with Gasteiger partial charge in [-0.1, -0.05) is 12.1 Å². The summed E-state index contributed by atoms with van der Waals surface area (Å²) in [6.07, 6.45) is -5.82. The van der Waals surface area contributed by atoms with Crippen molar-refractivity contribution in [3.8, 4) is 11.5 Å². The fourth-order valence-electron chi connectivity index (χ4n) is 2.34. The fraction of sp³-hybridized carbons (Fsp3) is 0.263. The average molecular weight is 397 g/mol. The lowest BCUT2D eigenvalue weighted by Crippen LogP contribution is -2.30. The zero-order chi connectivity index (χ0) is 20.9. The minimum Gasteiger partial charge on any atom is -0.496 e. The molecule has 0 spiro atoms. The summed E-state index contributed by atoms with van der Waals surface area (Å²) in [5.74, 6) is -1.28. The Balaban J connectivity index is 2.12. The number of halogens is 3. The Morgan fingerprint density at radius 1 is 1.00 bits per heavy atom. The number of carbonyl (C=O) groups excluding carboxylic acids is 2. The Labute approximate surface area is 159 Å². The molecule has 0 fully saturated rings. The Hall–Kier alpha value is -3.23. The summed E-state index contributed by atoms with van der Waals surface area (Å²) < 4.78 is 53.6. The van der Waals surface area contributed by atoms with Gasteiger partial charge in [0.2, 0.25) is 0 Å². The first kappa shape index (κ1) is 21.1. The van der Waals surface area contributed by atoms with E-state index in [1.165, 1.54) is 39.3 Å². The molecular weight excluding hydrogens is 379 g/mol. The van der Waals surface area contributed by atoms with Crippen molar-refractivity contribution in [3.05, 3.63) is 53.6 Å². The number of rotatable bonds is 6. The molecule has 2 aromatic rings. The Morgan fingerprint density at radius 3 is 2.11 bits per heavy atom. The Bertz CT molecular complexity index is 845. The van der Waals surface area contributed by atoms with Gasteiger partial charge in [0, 0.05) is 5.69 Å². The molecule has 28 heavy (non-hydrogen) atoms. The van der Waals surface area contributed by atoms with E-state index in [9.17, 15) is 22.8 Å². The number of amides is 1. The maximum absolute atomic E-state index is 12.8. The van der Waals surface area contributed by atoms with Crippen molar-refractivity contribution in [1.82, 2.24) is 0 Å². The van der Waals surface area contributed by atoms with E-state index in [0.717, 1.165) is 18.2 Å². The van der Waals surface area contributed by atoms with Crippen LogP contribution in [0.5, 0.6) is 11.5 Å². The van der Waals surface area contributed by atoms with Crippen LogP contribution >= 0.6 is 0 Å². The van der Waals surface area contributed by atoms with Crippen LogP contribution in [-0.4, -0.2) is 32.2 Å². The molecule has 0 heterocycles. The highest BCUT2D eigenvalue weighted by molar-refractivity contribution is 5.99. The second-order valence-electron chi connectivity index (χ2n) is 5.65. The molecule has 0 aliphatic heterocycles. The van der Waals surface area contributed by atoms with Crippen molar-refractivity contribution in [2.45, 2.75) is 19.2 Å². The predicted octanol–water partition coefficient (Wildman–Crippen LogP) is 3.91. The van der Waals surface area contributed by atoms with Gasteiger partial charge in [-0.05, 0) is 37.3 Å². The fourth-order valence-corrected chi connectivity index (χ4v) is 2.34. The summed E-state index contributed by atoms with van der Waals surface area (Å²) in [5, 5.41) is 2.29. The van der Waals surface area contributed by atoms with Crippen molar-refractivity contribution >= 4 is 17.6 Å². The lowest BCUT2D eigenvalue weighted by Gasteiger charge is -2.17. The minimum atomic E-state index is -4.54. The maximum Gasteiger partial charge on any atom is 0.416 e.